The number of piperazine rings is 1. The van der Waals surface area contributed by atoms with E-state index in [-0.39, 0.29) is 0 Å². The van der Waals surface area contributed by atoms with Gasteiger partial charge in [-0.2, -0.15) is 5.21 Å². The lowest BCUT2D eigenvalue weighted by Gasteiger charge is -2.34. The fourth-order valence-electron chi connectivity index (χ4n) is 3.46. The first-order valence-corrected chi connectivity index (χ1v) is 8.88. The van der Waals surface area contributed by atoms with Crippen LogP contribution < -0.4 is 0 Å². The molecule has 0 amide bonds. The maximum atomic E-state index is 4.57. The second-order valence-electron chi connectivity index (χ2n) is 6.54. The third kappa shape index (κ3) is 4.00. The minimum absolute atomic E-state index is 0.807. The largest absolute Gasteiger partial charge is 0.301 e. The highest BCUT2D eigenvalue weighted by Gasteiger charge is 2.17. The van der Waals surface area contributed by atoms with E-state index in [1.54, 1.807) is 0 Å². The van der Waals surface area contributed by atoms with E-state index in [1.165, 1.54) is 10.9 Å². The van der Waals surface area contributed by atoms with Gasteiger partial charge in [0.05, 0.1) is 5.52 Å². The smallest absolute Gasteiger partial charge is 0.174 e. The molecule has 1 aliphatic rings. The number of tetrazole rings is 1. The molecule has 25 heavy (non-hydrogen) atoms. The van der Waals surface area contributed by atoms with Crippen LogP contribution in [0, 0.1) is 0 Å². The van der Waals surface area contributed by atoms with Gasteiger partial charge < -0.3 is 4.90 Å². The number of H-pyrrole nitrogens is 1. The van der Waals surface area contributed by atoms with E-state index in [0.717, 1.165) is 63.5 Å². The zero-order valence-corrected chi connectivity index (χ0v) is 14.3. The second-order valence-corrected chi connectivity index (χ2v) is 6.54. The van der Waals surface area contributed by atoms with Crippen LogP contribution in [0.1, 0.15) is 17.8 Å². The molecule has 0 radical (unpaired) electrons. The number of para-hydroxylation sites is 1. The number of aromatic nitrogens is 5. The average Bonchev–Trinajstić information content (AvgIpc) is 3.17. The molecule has 1 N–H and O–H groups in total. The van der Waals surface area contributed by atoms with Crippen molar-refractivity contribution >= 4 is 10.9 Å². The zero-order valence-electron chi connectivity index (χ0n) is 14.3. The van der Waals surface area contributed by atoms with Gasteiger partial charge in [-0.15, -0.1) is 10.2 Å². The number of hydrogen-bond acceptors (Lipinski definition) is 6. The third-order valence-electron chi connectivity index (χ3n) is 4.84. The topological polar surface area (TPSA) is 73.8 Å². The number of aryl methyl sites for hydroxylation is 1. The number of benzene rings is 1. The van der Waals surface area contributed by atoms with Crippen molar-refractivity contribution in [3.05, 3.63) is 47.9 Å². The van der Waals surface area contributed by atoms with Crippen LogP contribution in [0.15, 0.2) is 36.5 Å². The van der Waals surface area contributed by atoms with Gasteiger partial charge in [-0.25, -0.2) is 0 Å². The summed E-state index contributed by atoms with van der Waals surface area (Å²) in [6.45, 7) is 6.51. The predicted molar refractivity (Wildman–Crippen MR) is 96.0 cm³/mol. The molecule has 2 aromatic heterocycles. The Bertz CT molecular complexity index is 789. The molecule has 0 atom stereocenters. The first-order chi connectivity index (χ1) is 12.4. The summed E-state index contributed by atoms with van der Waals surface area (Å²) in [5, 5.41) is 15.3. The minimum Gasteiger partial charge on any atom is -0.301 e. The Kier molecular flexibility index (Phi) is 4.94. The normalized spacial score (nSPS) is 16.5. The molecular formula is C18H23N7. The maximum absolute atomic E-state index is 4.57. The van der Waals surface area contributed by atoms with Crippen LogP contribution in [0.25, 0.3) is 10.9 Å². The van der Waals surface area contributed by atoms with Gasteiger partial charge in [-0.1, -0.05) is 29.5 Å². The average molecular weight is 337 g/mol. The number of rotatable bonds is 6. The van der Waals surface area contributed by atoms with E-state index in [2.05, 4.69) is 59.7 Å². The van der Waals surface area contributed by atoms with Gasteiger partial charge in [-0.3, -0.25) is 9.88 Å². The molecule has 3 aromatic rings. The summed E-state index contributed by atoms with van der Waals surface area (Å²) in [4.78, 5) is 9.62. The molecular weight excluding hydrogens is 314 g/mol. The monoisotopic (exact) mass is 337 g/mol. The van der Waals surface area contributed by atoms with Gasteiger partial charge in [0, 0.05) is 50.7 Å². The fourth-order valence-corrected chi connectivity index (χ4v) is 3.46. The van der Waals surface area contributed by atoms with E-state index in [4.69, 9.17) is 0 Å². The van der Waals surface area contributed by atoms with Gasteiger partial charge in [0.15, 0.2) is 5.82 Å². The van der Waals surface area contributed by atoms with Gasteiger partial charge >= 0.3 is 0 Å². The Hall–Kier alpha value is -2.38. The molecule has 1 aliphatic heterocycles. The van der Waals surface area contributed by atoms with Crippen molar-refractivity contribution < 1.29 is 0 Å². The summed E-state index contributed by atoms with van der Waals surface area (Å²) in [5.74, 6) is 0.807. The van der Waals surface area contributed by atoms with E-state index in [9.17, 15) is 0 Å². The molecule has 130 valence electrons. The molecule has 3 heterocycles. The molecule has 0 spiro atoms. The van der Waals surface area contributed by atoms with Crippen molar-refractivity contribution in [2.45, 2.75) is 19.4 Å². The number of nitrogens with zero attached hydrogens (tertiary/aromatic N) is 6. The highest BCUT2D eigenvalue weighted by atomic mass is 15.5. The Morgan fingerprint density at radius 1 is 1.00 bits per heavy atom. The van der Waals surface area contributed by atoms with E-state index >= 15 is 0 Å². The Balaban J connectivity index is 1.27. The lowest BCUT2D eigenvalue weighted by Crippen LogP contribution is -2.46. The maximum Gasteiger partial charge on any atom is 0.174 e. The second kappa shape index (κ2) is 7.67. The molecule has 0 bridgehead atoms. The van der Waals surface area contributed by atoms with E-state index in [1.807, 2.05) is 12.3 Å². The van der Waals surface area contributed by atoms with Crippen molar-refractivity contribution in [3.63, 3.8) is 0 Å². The highest BCUT2D eigenvalue weighted by molar-refractivity contribution is 5.81. The van der Waals surface area contributed by atoms with Crippen molar-refractivity contribution in [2.75, 3.05) is 32.7 Å². The van der Waals surface area contributed by atoms with Gasteiger partial charge in [0.2, 0.25) is 0 Å². The van der Waals surface area contributed by atoms with Crippen LogP contribution in [0.3, 0.4) is 0 Å². The number of fused-ring (bicyclic) bond motifs is 1. The summed E-state index contributed by atoms with van der Waals surface area (Å²) in [6, 6.07) is 10.6. The van der Waals surface area contributed by atoms with Gasteiger partial charge in [0.1, 0.15) is 0 Å². The summed E-state index contributed by atoms with van der Waals surface area (Å²) >= 11 is 0. The molecule has 1 saturated heterocycles. The first kappa shape index (κ1) is 16.1. The molecule has 0 aliphatic carbocycles. The van der Waals surface area contributed by atoms with Crippen molar-refractivity contribution in [1.29, 1.82) is 0 Å². The number of hydrogen-bond donors (Lipinski definition) is 1. The number of aromatic amines is 1. The highest BCUT2D eigenvalue weighted by Crippen LogP contribution is 2.18. The lowest BCUT2D eigenvalue weighted by atomic mass is 10.1. The molecule has 7 nitrogen and oxygen atoms in total. The van der Waals surface area contributed by atoms with E-state index in [0.29, 0.717) is 0 Å². The van der Waals surface area contributed by atoms with Crippen LogP contribution in [0.4, 0.5) is 0 Å². The molecule has 1 fully saturated rings. The Labute approximate surface area is 147 Å². The van der Waals surface area contributed by atoms with Crippen LogP contribution in [0.5, 0.6) is 0 Å². The molecule has 4 rings (SSSR count). The summed E-state index contributed by atoms with van der Waals surface area (Å²) in [6.07, 6.45) is 3.85. The SMILES string of the molecule is c1cnc2c(CN3CCN(CCCc4nn[nH]n4)CC3)cccc2c1. The Morgan fingerprint density at radius 2 is 1.84 bits per heavy atom. The molecule has 7 heteroatoms. The predicted octanol–water partition coefficient (Wildman–Crippen LogP) is 1.50. The summed E-state index contributed by atoms with van der Waals surface area (Å²) < 4.78 is 0. The minimum atomic E-state index is 0.807. The fraction of sp³-hybridized carbons (Fsp3) is 0.444. The zero-order chi connectivity index (χ0) is 16.9. The Morgan fingerprint density at radius 3 is 2.68 bits per heavy atom. The molecule has 0 unspecified atom stereocenters. The number of pyridine rings is 1. The molecule has 1 aromatic carbocycles. The van der Waals surface area contributed by atoms with Crippen LogP contribution in [-0.4, -0.2) is 68.1 Å². The van der Waals surface area contributed by atoms with Crippen LogP contribution >= 0.6 is 0 Å². The van der Waals surface area contributed by atoms with Crippen molar-refractivity contribution in [2.24, 2.45) is 0 Å². The summed E-state index contributed by atoms with van der Waals surface area (Å²) in [7, 11) is 0. The van der Waals surface area contributed by atoms with Crippen LogP contribution in [0.2, 0.25) is 0 Å². The van der Waals surface area contributed by atoms with Gasteiger partial charge in [0.25, 0.3) is 0 Å². The standard InChI is InChI=1S/C18H23N7/c1-4-15-6-2-8-19-18(15)16(5-1)14-25-12-10-24(11-13-25)9-3-7-17-20-22-23-21-17/h1-2,4-6,8H,3,7,9-14H2,(H,20,21,22,23). The van der Waals surface area contributed by atoms with Crippen LogP contribution in [-0.2, 0) is 13.0 Å². The first-order valence-electron chi connectivity index (χ1n) is 8.88. The van der Waals surface area contributed by atoms with Crippen molar-refractivity contribution in [3.8, 4) is 0 Å². The van der Waals surface area contributed by atoms with Crippen molar-refractivity contribution in [1.82, 2.24) is 35.4 Å². The number of nitrogens with one attached hydrogen (secondary N) is 1. The quantitative estimate of drug-likeness (QED) is 0.735. The lowest BCUT2D eigenvalue weighted by molar-refractivity contribution is 0.126. The van der Waals surface area contributed by atoms with Gasteiger partial charge in [-0.05, 0) is 24.6 Å². The molecule has 0 saturated carbocycles. The summed E-state index contributed by atoms with van der Waals surface area (Å²) in [5.41, 5.74) is 2.45. The van der Waals surface area contributed by atoms with E-state index < -0.39 is 0 Å². The third-order valence-corrected chi connectivity index (χ3v) is 4.84.